The number of aryl methyl sites for hydroxylation is 2. The minimum Gasteiger partial charge on any atom is -0.484 e. The summed E-state index contributed by atoms with van der Waals surface area (Å²) in [4.78, 5) is 28.2. The molecule has 0 bridgehead atoms. The summed E-state index contributed by atoms with van der Waals surface area (Å²) in [6.07, 6.45) is 3.10. The number of pyridine rings is 1. The first kappa shape index (κ1) is 20.4. The van der Waals surface area contributed by atoms with Crippen molar-refractivity contribution in [3.05, 3.63) is 82.6 Å². The Morgan fingerprint density at radius 2 is 1.62 bits per heavy atom. The molecule has 1 heterocycles. The third-order valence-corrected chi connectivity index (χ3v) is 4.73. The summed E-state index contributed by atoms with van der Waals surface area (Å²) in [6.45, 7) is 3.65. The molecule has 0 aliphatic carbocycles. The van der Waals surface area contributed by atoms with Crippen molar-refractivity contribution in [2.75, 3.05) is 17.2 Å². The molecule has 6 nitrogen and oxygen atoms in total. The summed E-state index contributed by atoms with van der Waals surface area (Å²) in [5.41, 5.74) is 3.47. The summed E-state index contributed by atoms with van der Waals surface area (Å²) in [7, 11) is 0. The maximum absolute atomic E-state index is 12.1. The molecule has 29 heavy (non-hydrogen) atoms. The van der Waals surface area contributed by atoms with Gasteiger partial charge in [0.15, 0.2) is 6.61 Å². The topological polar surface area (TPSA) is 80.3 Å². The van der Waals surface area contributed by atoms with Crippen LogP contribution in [0.25, 0.3) is 0 Å². The van der Waals surface area contributed by atoms with E-state index in [2.05, 4.69) is 15.6 Å². The van der Waals surface area contributed by atoms with E-state index < -0.39 is 0 Å². The van der Waals surface area contributed by atoms with Crippen molar-refractivity contribution in [3.8, 4) is 5.75 Å². The van der Waals surface area contributed by atoms with Crippen LogP contribution < -0.4 is 15.4 Å². The number of hydrogen-bond donors (Lipinski definition) is 2. The van der Waals surface area contributed by atoms with Gasteiger partial charge in [-0.1, -0.05) is 11.6 Å². The molecule has 148 valence electrons. The maximum atomic E-state index is 12.1. The van der Waals surface area contributed by atoms with E-state index in [0.717, 1.165) is 11.1 Å². The van der Waals surface area contributed by atoms with Crippen LogP contribution in [0, 0.1) is 13.8 Å². The molecule has 0 saturated carbocycles. The van der Waals surface area contributed by atoms with Crippen molar-refractivity contribution in [2.24, 2.45) is 0 Å². The number of benzene rings is 2. The third-order valence-electron chi connectivity index (χ3n) is 4.13. The number of hydrogen-bond acceptors (Lipinski definition) is 4. The summed E-state index contributed by atoms with van der Waals surface area (Å²) in [6, 6.07) is 13.8. The number of anilines is 2. The van der Waals surface area contributed by atoms with E-state index in [1.807, 2.05) is 13.8 Å². The standard InChI is InChI=1S/C22H20ClN3O3/c1-14-10-19(11-15(2)21(14)23)29-13-20(27)25-17-5-7-18(8-6-17)26-22(28)16-4-3-9-24-12-16/h3-12H,13H2,1-2H3,(H,25,27)(H,26,28). The van der Waals surface area contributed by atoms with Crippen LogP contribution in [-0.2, 0) is 4.79 Å². The lowest BCUT2D eigenvalue weighted by atomic mass is 10.1. The fourth-order valence-electron chi connectivity index (χ4n) is 2.67. The molecule has 7 heteroatoms. The predicted molar refractivity (Wildman–Crippen MR) is 114 cm³/mol. The number of halogens is 1. The predicted octanol–water partition coefficient (Wildman–Crippen LogP) is 4.62. The molecular weight excluding hydrogens is 390 g/mol. The quantitative estimate of drug-likeness (QED) is 0.622. The second kappa shape index (κ2) is 9.21. The SMILES string of the molecule is Cc1cc(OCC(=O)Nc2ccc(NC(=O)c3cccnc3)cc2)cc(C)c1Cl. The molecule has 0 fully saturated rings. The molecule has 2 amide bonds. The van der Waals surface area contributed by atoms with Gasteiger partial charge in [-0.25, -0.2) is 0 Å². The van der Waals surface area contributed by atoms with Gasteiger partial charge >= 0.3 is 0 Å². The normalized spacial score (nSPS) is 10.3. The number of nitrogens with zero attached hydrogens (tertiary/aromatic N) is 1. The molecule has 0 spiro atoms. The number of rotatable bonds is 6. The van der Waals surface area contributed by atoms with Gasteiger partial charge in [0.1, 0.15) is 5.75 Å². The van der Waals surface area contributed by atoms with Crippen LogP contribution in [-0.4, -0.2) is 23.4 Å². The zero-order valence-electron chi connectivity index (χ0n) is 16.0. The third kappa shape index (κ3) is 5.56. The Morgan fingerprint density at radius 3 is 2.21 bits per heavy atom. The fourth-order valence-corrected chi connectivity index (χ4v) is 2.78. The first-order chi connectivity index (χ1) is 13.9. The van der Waals surface area contributed by atoms with E-state index in [4.69, 9.17) is 16.3 Å². The van der Waals surface area contributed by atoms with Gasteiger partial charge in [-0.05, 0) is 73.5 Å². The Labute approximate surface area is 173 Å². The van der Waals surface area contributed by atoms with Gasteiger partial charge in [0.05, 0.1) is 5.56 Å². The van der Waals surface area contributed by atoms with E-state index >= 15 is 0 Å². The minimum atomic E-state index is -0.289. The molecule has 3 rings (SSSR count). The van der Waals surface area contributed by atoms with Crippen molar-refractivity contribution in [2.45, 2.75) is 13.8 Å². The highest BCUT2D eigenvalue weighted by Gasteiger charge is 2.08. The molecule has 1 aromatic heterocycles. The van der Waals surface area contributed by atoms with Crippen LogP contribution in [0.4, 0.5) is 11.4 Å². The molecule has 0 unspecified atom stereocenters. The van der Waals surface area contributed by atoms with Crippen molar-refractivity contribution in [1.82, 2.24) is 4.98 Å². The van der Waals surface area contributed by atoms with Crippen molar-refractivity contribution < 1.29 is 14.3 Å². The Kier molecular flexibility index (Phi) is 6.46. The maximum Gasteiger partial charge on any atom is 0.262 e. The van der Waals surface area contributed by atoms with Gasteiger partial charge in [0.25, 0.3) is 11.8 Å². The van der Waals surface area contributed by atoms with E-state index in [1.165, 1.54) is 6.20 Å². The largest absolute Gasteiger partial charge is 0.484 e. The first-order valence-electron chi connectivity index (χ1n) is 8.93. The molecule has 3 aromatic rings. The molecule has 2 aromatic carbocycles. The molecule has 0 radical (unpaired) electrons. The van der Waals surface area contributed by atoms with Crippen LogP contribution in [0.3, 0.4) is 0 Å². The Balaban J connectivity index is 1.53. The number of carbonyl (C=O) groups excluding carboxylic acids is 2. The minimum absolute atomic E-state index is 0.125. The molecule has 0 atom stereocenters. The Morgan fingerprint density at radius 1 is 1.00 bits per heavy atom. The molecule has 0 aliphatic heterocycles. The van der Waals surface area contributed by atoms with E-state index in [9.17, 15) is 9.59 Å². The summed E-state index contributed by atoms with van der Waals surface area (Å²) in [5, 5.41) is 6.22. The molecule has 0 aliphatic rings. The number of amides is 2. The van der Waals surface area contributed by atoms with Gasteiger partial charge in [-0.2, -0.15) is 0 Å². The number of aromatic nitrogens is 1. The van der Waals surface area contributed by atoms with Crippen LogP contribution in [0.15, 0.2) is 60.9 Å². The highest BCUT2D eigenvalue weighted by Crippen LogP contribution is 2.25. The van der Waals surface area contributed by atoms with Crippen LogP contribution in [0.1, 0.15) is 21.5 Å². The fraction of sp³-hybridized carbons (Fsp3) is 0.136. The summed E-state index contributed by atoms with van der Waals surface area (Å²) < 4.78 is 5.55. The van der Waals surface area contributed by atoms with Crippen LogP contribution >= 0.6 is 11.6 Å². The summed E-state index contributed by atoms with van der Waals surface area (Å²) >= 11 is 6.13. The average Bonchev–Trinajstić information content (AvgIpc) is 2.72. The Hall–Kier alpha value is -3.38. The lowest BCUT2D eigenvalue weighted by Crippen LogP contribution is -2.20. The van der Waals surface area contributed by atoms with E-state index in [-0.39, 0.29) is 18.4 Å². The molecule has 0 saturated heterocycles. The van der Waals surface area contributed by atoms with E-state index in [0.29, 0.717) is 27.7 Å². The van der Waals surface area contributed by atoms with Gasteiger partial charge < -0.3 is 15.4 Å². The lowest BCUT2D eigenvalue weighted by Gasteiger charge is -2.11. The van der Waals surface area contributed by atoms with Gasteiger partial charge in [0, 0.05) is 28.8 Å². The Bertz CT molecular complexity index is 998. The van der Waals surface area contributed by atoms with Crippen LogP contribution in [0.2, 0.25) is 5.02 Å². The van der Waals surface area contributed by atoms with Crippen LogP contribution in [0.5, 0.6) is 5.75 Å². The van der Waals surface area contributed by atoms with Gasteiger partial charge in [-0.3, -0.25) is 14.6 Å². The highest BCUT2D eigenvalue weighted by molar-refractivity contribution is 6.32. The monoisotopic (exact) mass is 409 g/mol. The lowest BCUT2D eigenvalue weighted by molar-refractivity contribution is -0.118. The average molecular weight is 410 g/mol. The molecular formula is C22H20ClN3O3. The van der Waals surface area contributed by atoms with Crippen molar-refractivity contribution >= 4 is 34.8 Å². The smallest absolute Gasteiger partial charge is 0.262 e. The van der Waals surface area contributed by atoms with Gasteiger partial charge in [0.2, 0.25) is 0 Å². The molecule has 2 N–H and O–H groups in total. The summed E-state index contributed by atoms with van der Waals surface area (Å²) in [5.74, 6) is 0.0484. The van der Waals surface area contributed by atoms with Crippen molar-refractivity contribution in [3.63, 3.8) is 0 Å². The first-order valence-corrected chi connectivity index (χ1v) is 9.31. The number of nitrogens with one attached hydrogen (secondary N) is 2. The second-order valence-corrected chi connectivity index (χ2v) is 6.86. The highest BCUT2D eigenvalue weighted by atomic mass is 35.5. The number of carbonyl (C=O) groups is 2. The second-order valence-electron chi connectivity index (χ2n) is 6.48. The number of ether oxygens (including phenoxy) is 1. The zero-order valence-corrected chi connectivity index (χ0v) is 16.8. The van der Waals surface area contributed by atoms with Gasteiger partial charge in [-0.15, -0.1) is 0 Å². The van der Waals surface area contributed by atoms with E-state index in [1.54, 1.807) is 54.7 Å². The zero-order chi connectivity index (χ0) is 20.8. The van der Waals surface area contributed by atoms with Crippen molar-refractivity contribution in [1.29, 1.82) is 0 Å².